The zero-order valence-corrected chi connectivity index (χ0v) is 11.2. The van der Waals surface area contributed by atoms with E-state index in [0.29, 0.717) is 16.7 Å². The fraction of sp³-hybridized carbons (Fsp3) is 0.273. The SMILES string of the molecule is Cc1nn(C)c(Cl)c1Cn1cccc1C(N)=S. The van der Waals surface area contributed by atoms with Crippen molar-refractivity contribution < 1.29 is 0 Å². The van der Waals surface area contributed by atoms with Crippen LogP contribution in [0, 0.1) is 6.92 Å². The number of aromatic nitrogens is 3. The Bertz CT molecular complexity index is 570. The van der Waals surface area contributed by atoms with E-state index in [1.54, 1.807) is 4.68 Å². The lowest BCUT2D eigenvalue weighted by Crippen LogP contribution is -2.16. The molecule has 0 aliphatic carbocycles. The average Bonchev–Trinajstić information content (AvgIpc) is 2.80. The Hall–Kier alpha value is -1.33. The average molecular weight is 269 g/mol. The molecule has 0 amide bonds. The molecule has 2 N–H and O–H groups in total. The topological polar surface area (TPSA) is 48.8 Å². The van der Waals surface area contributed by atoms with Gasteiger partial charge in [-0.1, -0.05) is 23.8 Å². The molecular formula is C11H13ClN4S. The van der Waals surface area contributed by atoms with E-state index in [2.05, 4.69) is 5.10 Å². The second-order valence-electron chi connectivity index (χ2n) is 3.86. The molecule has 0 radical (unpaired) electrons. The molecule has 17 heavy (non-hydrogen) atoms. The summed E-state index contributed by atoms with van der Waals surface area (Å²) < 4.78 is 3.63. The van der Waals surface area contributed by atoms with Crippen LogP contribution in [0.4, 0.5) is 0 Å². The Morgan fingerprint density at radius 1 is 1.59 bits per heavy atom. The minimum absolute atomic E-state index is 0.382. The van der Waals surface area contributed by atoms with E-state index < -0.39 is 0 Å². The normalized spacial score (nSPS) is 10.8. The van der Waals surface area contributed by atoms with Crippen molar-refractivity contribution in [2.24, 2.45) is 12.8 Å². The molecule has 0 atom stereocenters. The number of nitrogens with two attached hydrogens (primary N) is 1. The number of rotatable bonds is 3. The molecule has 90 valence electrons. The third-order valence-electron chi connectivity index (χ3n) is 2.68. The summed E-state index contributed by atoms with van der Waals surface area (Å²) in [5.74, 6) is 0. The van der Waals surface area contributed by atoms with Crippen LogP contribution in [-0.2, 0) is 13.6 Å². The van der Waals surface area contributed by atoms with Crippen molar-refractivity contribution in [2.45, 2.75) is 13.5 Å². The van der Waals surface area contributed by atoms with Gasteiger partial charge in [-0.15, -0.1) is 0 Å². The number of hydrogen-bond acceptors (Lipinski definition) is 2. The Morgan fingerprint density at radius 3 is 2.82 bits per heavy atom. The van der Waals surface area contributed by atoms with Gasteiger partial charge < -0.3 is 10.3 Å². The molecule has 0 bridgehead atoms. The van der Waals surface area contributed by atoms with Gasteiger partial charge in [-0.3, -0.25) is 4.68 Å². The molecule has 0 saturated heterocycles. The Morgan fingerprint density at radius 2 is 2.29 bits per heavy atom. The van der Waals surface area contributed by atoms with Crippen LogP contribution < -0.4 is 5.73 Å². The first-order valence-corrected chi connectivity index (χ1v) is 5.92. The summed E-state index contributed by atoms with van der Waals surface area (Å²) in [6.45, 7) is 2.56. The molecule has 0 saturated carbocycles. The van der Waals surface area contributed by atoms with Gasteiger partial charge in [0.2, 0.25) is 0 Å². The van der Waals surface area contributed by atoms with Crippen LogP contribution in [0.2, 0.25) is 5.15 Å². The largest absolute Gasteiger partial charge is 0.388 e. The summed E-state index contributed by atoms with van der Waals surface area (Å²) in [6.07, 6.45) is 1.93. The molecule has 0 aliphatic rings. The summed E-state index contributed by atoms with van der Waals surface area (Å²) in [7, 11) is 1.82. The molecule has 2 aromatic rings. The molecule has 0 aliphatic heterocycles. The zero-order chi connectivity index (χ0) is 12.6. The van der Waals surface area contributed by atoms with Gasteiger partial charge in [0.25, 0.3) is 0 Å². The first-order valence-electron chi connectivity index (χ1n) is 5.13. The molecule has 0 spiro atoms. The molecule has 0 aromatic carbocycles. The Labute approximate surface area is 110 Å². The van der Waals surface area contributed by atoms with Crippen LogP contribution in [0.3, 0.4) is 0 Å². The van der Waals surface area contributed by atoms with Crippen molar-refractivity contribution in [2.75, 3.05) is 0 Å². The van der Waals surface area contributed by atoms with Crippen LogP contribution in [0.15, 0.2) is 18.3 Å². The van der Waals surface area contributed by atoms with Gasteiger partial charge in [0.1, 0.15) is 10.1 Å². The van der Waals surface area contributed by atoms with Gasteiger partial charge in [-0.2, -0.15) is 5.10 Å². The van der Waals surface area contributed by atoms with E-state index in [-0.39, 0.29) is 0 Å². The van der Waals surface area contributed by atoms with Crippen molar-refractivity contribution in [1.82, 2.24) is 14.3 Å². The lowest BCUT2D eigenvalue weighted by Gasteiger charge is -2.07. The molecule has 2 heterocycles. The van der Waals surface area contributed by atoms with Crippen LogP contribution in [-0.4, -0.2) is 19.3 Å². The van der Waals surface area contributed by atoms with Crippen molar-refractivity contribution in [3.63, 3.8) is 0 Å². The Balaban J connectivity index is 2.38. The second-order valence-corrected chi connectivity index (χ2v) is 4.66. The highest BCUT2D eigenvalue weighted by Gasteiger charge is 2.13. The van der Waals surface area contributed by atoms with Crippen molar-refractivity contribution in [1.29, 1.82) is 0 Å². The van der Waals surface area contributed by atoms with Gasteiger partial charge in [-0.25, -0.2) is 0 Å². The molecule has 0 unspecified atom stereocenters. The minimum atomic E-state index is 0.382. The smallest absolute Gasteiger partial charge is 0.131 e. The summed E-state index contributed by atoms with van der Waals surface area (Å²) >= 11 is 11.2. The monoisotopic (exact) mass is 268 g/mol. The highest BCUT2D eigenvalue weighted by molar-refractivity contribution is 7.80. The molecule has 0 fully saturated rings. The van der Waals surface area contributed by atoms with E-state index in [1.807, 2.05) is 36.9 Å². The maximum absolute atomic E-state index is 6.19. The lowest BCUT2D eigenvalue weighted by atomic mass is 10.2. The molecular weight excluding hydrogens is 256 g/mol. The standard InChI is InChI=1S/C11H13ClN4S/c1-7-8(10(12)15(2)14-7)6-16-5-3-4-9(16)11(13)17/h3-5H,6H2,1-2H3,(H2,13,17). The fourth-order valence-electron chi connectivity index (χ4n) is 1.80. The number of hydrogen-bond donors (Lipinski definition) is 1. The third kappa shape index (κ3) is 2.21. The first kappa shape index (κ1) is 12.1. The summed E-state index contributed by atoms with van der Waals surface area (Å²) in [5.41, 5.74) is 8.39. The van der Waals surface area contributed by atoms with Gasteiger partial charge in [0.05, 0.1) is 17.9 Å². The van der Waals surface area contributed by atoms with Gasteiger partial charge in [0, 0.05) is 18.8 Å². The van der Waals surface area contributed by atoms with Crippen LogP contribution in [0.5, 0.6) is 0 Å². The fourth-order valence-corrected chi connectivity index (χ4v) is 2.22. The maximum atomic E-state index is 6.19. The predicted octanol–water partition coefficient (Wildman–Crippen LogP) is 1.87. The summed E-state index contributed by atoms with van der Waals surface area (Å²) in [5, 5.41) is 4.92. The highest BCUT2D eigenvalue weighted by Crippen LogP contribution is 2.20. The van der Waals surface area contributed by atoms with Crippen molar-refractivity contribution in [3.05, 3.63) is 40.4 Å². The molecule has 6 heteroatoms. The van der Waals surface area contributed by atoms with E-state index in [4.69, 9.17) is 29.6 Å². The first-order chi connectivity index (χ1) is 8.00. The van der Waals surface area contributed by atoms with Gasteiger partial charge in [0.15, 0.2) is 0 Å². The minimum Gasteiger partial charge on any atom is -0.388 e. The van der Waals surface area contributed by atoms with Gasteiger partial charge in [-0.05, 0) is 19.1 Å². The zero-order valence-electron chi connectivity index (χ0n) is 9.64. The van der Waals surface area contributed by atoms with Crippen LogP contribution in [0.1, 0.15) is 17.0 Å². The number of thiocarbonyl (C=S) groups is 1. The quantitative estimate of drug-likeness (QED) is 0.865. The lowest BCUT2D eigenvalue weighted by molar-refractivity contribution is 0.756. The molecule has 2 rings (SSSR count). The Kier molecular flexibility index (Phi) is 3.22. The van der Waals surface area contributed by atoms with E-state index in [1.165, 1.54) is 0 Å². The highest BCUT2D eigenvalue weighted by atomic mass is 35.5. The van der Waals surface area contributed by atoms with Gasteiger partial charge >= 0.3 is 0 Å². The number of halogens is 1. The summed E-state index contributed by atoms with van der Waals surface area (Å²) in [6, 6.07) is 3.80. The molecule has 4 nitrogen and oxygen atoms in total. The number of nitrogens with zero attached hydrogens (tertiary/aromatic N) is 3. The van der Waals surface area contributed by atoms with Crippen LogP contribution >= 0.6 is 23.8 Å². The van der Waals surface area contributed by atoms with Crippen molar-refractivity contribution >= 4 is 28.8 Å². The third-order valence-corrected chi connectivity index (χ3v) is 3.36. The van der Waals surface area contributed by atoms with E-state index >= 15 is 0 Å². The number of aryl methyl sites for hydroxylation is 2. The predicted molar refractivity (Wildman–Crippen MR) is 72.4 cm³/mol. The summed E-state index contributed by atoms with van der Waals surface area (Å²) in [4.78, 5) is 0.382. The second kappa shape index (κ2) is 4.50. The van der Waals surface area contributed by atoms with E-state index in [0.717, 1.165) is 17.0 Å². The molecule has 2 aromatic heterocycles. The van der Waals surface area contributed by atoms with E-state index in [9.17, 15) is 0 Å². The maximum Gasteiger partial charge on any atom is 0.131 e. The van der Waals surface area contributed by atoms with Crippen LogP contribution in [0.25, 0.3) is 0 Å². The van der Waals surface area contributed by atoms with Crippen molar-refractivity contribution in [3.8, 4) is 0 Å².